The highest BCUT2D eigenvalue weighted by Crippen LogP contribution is 2.23. The van der Waals surface area contributed by atoms with Crippen LogP contribution < -0.4 is 4.89 Å². The molecule has 22 heavy (non-hydrogen) atoms. The van der Waals surface area contributed by atoms with Gasteiger partial charge in [0.1, 0.15) is 0 Å². The van der Waals surface area contributed by atoms with E-state index >= 15 is 0 Å². The zero-order chi connectivity index (χ0) is 15.8. The number of rotatable bonds is 7. The minimum absolute atomic E-state index is 0.198. The summed E-state index contributed by atoms with van der Waals surface area (Å²) < 4.78 is 0. The molecule has 2 rings (SSSR count). The zero-order valence-electron chi connectivity index (χ0n) is 12.5. The minimum atomic E-state index is -0.404. The summed E-state index contributed by atoms with van der Waals surface area (Å²) in [6.07, 6.45) is 2.08. The zero-order valence-corrected chi connectivity index (χ0v) is 14.1. The topological polar surface area (TPSA) is 35.5 Å². The van der Waals surface area contributed by atoms with E-state index in [4.69, 9.17) is 9.78 Å². The molecule has 0 saturated heterocycles. The number of carbonyl (C=O) groups is 1. The molecular weight excluding hydrogens is 344 g/mol. The standard InChI is InChI=1S/C18H19BrO3/c1-2-6-16-11-15(13-19)9-10-17(16)21-22-18(20)12-14-7-4-3-5-8-14/h3-5,7-11H,2,6,12-13H2,1H3. The fourth-order valence-corrected chi connectivity index (χ4v) is 2.49. The summed E-state index contributed by atoms with van der Waals surface area (Å²) in [6.45, 7) is 2.10. The van der Waals surface area contributed by atoms with Crippen LogP contribution >= 0.6 is 15.9 Å². The van der Waals surface area contributed by atoms with Crippen molar-refractivity contribution in [2.75, 3.05) is 0 Å². The summed E-state index contributed by atoms with van der Waals surface area (Å²) in [5, 5.41) is 0.789. The summed E-state index contributed by atoms with van der Waals surface area (Å²) >= 11 is 3.44. The van der Waals surface area contributed by atoms with Crippen LogP contribution in [0.4, 0.5) is 0 Å². The fraction of sp³-hybridized carbons (Fsp3) is 0.278. The van der Waals surface area contributed by atoms with Gasteiger partial charge in [0.15, 0.2) is 5.75 Å². The first kappa shape index (κ1) is 16.6. The van der Waals surface area contributed by atoms with Crippen LogP contribution in [0, 0.1) is 0 Å². The number of carbonyl (C=O) groups excluding carboxylic acids is 1. The summed E-state index contributed by atoms with van der Waals surface area (Å²) in [5.74, 6) is 0.200. The Morgan fingerprint density at radius 3 is 2.55 bits per heavy atom. The molecule has 0 unspecified atom stereocenters. The van der Waals surface area contributed by atoms with Gasteiger partial charge in [0.25, 0.3) is 0 Å². The second-order valence-corrected chi connectivity index (χ2v) is 5.59. The molecule has 0 aliphatic rings. The van der Waals surface area contributed by atoms with Crippen molar-refractivity contribution in [3.8, 4) is 5.75 Å². The van der Waals surface area contributed by atoms with Gasteiger partial charge in [-0.05, 0) is 29.2 Å². The van der Waals surface area contributed by atoms with E-state index in [1.807, 2.05) is 42.5 Å². The molecule has 0 saturated carbocycles. The Bertz CT molecular complexity index is 611. The molecule has 0 aliphatic heterocycles. The van der Waals surface area contributed by atoms with E-state index in [1.54, 1.807) is 0 Å². The highest BCUT2D eigenvalue weighted by atomic mass is 79.9. The van der Waals surface area contributed by atoms with Crippen molar-refractivity contribution in [2.45, 2.75) is 31.5 Å². The number of aryl methyl sites for hydroxylation is 1. The van der Waals surface area contributed by atoms with Crippen LogP contribution in [0.15, 0.2) is 48.5 Å². The minimum Gasteiger partial charge on any atom is -0.287 e. The molecule has 0 bridgehead atoms. The molecule has 4 heteroatoms. The van der Waals surface area contributed by atoms with Crippen LogP contribution in [0.5, 0.6) is 5.75 Å². The molecule has 0 fully saturated rings. The molecule has 0 aromatic heterocycles. The van der Waals surface area contributed by atoms with E-state index in [1.165, 1.54) is 5.56 Å². The Labute approximate surface area is 139 Å². The summed E-state index contributed by atoms with van der Waals surface area (Å²) in [6, 6.07) is 15.3. The van der Waals surface area contributed by atoms with Gasteiger partial charge in [-0.1, -0.05) is 71.7 Å². The molecule has 0 N–H and O–H groups in total. The van der Waals surface area contributed by atoms with E-state index < -0.39 is 5.97 Å². The molecule has 0 radical (unpaired) electrons. The maximum atomic E-state index is 11.8. The van der Waals surface area contributed by atoms with Gasteiger partial charge in [0.2, 0.25) is 0 Å². The lowest BCUT2D eigenvalue weighted by molar-refractivity contribution is -0.213. The first-order valence-corrected chi connectivity index (χ1v) is 8.44. The lowest BCUT2D eigenvalue weighted by atomic mass is 10.1. The third kappa shape index (κ3) is 4.88. The average Bonchev–Trinajstić information content (AvgIpc) is 2.55. The van der Waals surface area contributed by atoms with Crippen LogP contribution in [0.25, 0.3) is 0 Å². The number of halogens is 1. The van der Waals surface area contributed by atoms with E-state index in [9.17, 15) is 4.79 Å². The van der Waals surface area contributed by atoms with Crippen LogP contribution in [0.2, 0.25) is 0 Å². The van der Waals surface area contributed by atoms with Crippen LogP contribution in [0.1, 0.15) is 30.0 Å². The lowest BCUT2D eigenvalue weighted by Gasteiger charge is -2.10. The Kier molecular flexibility index (Phi) is 6.46. The van der Waals surface area contributed by atoms with E-state index in [2.05, 4.69) is 28.9 Å². The molecule has 2 aromatic carbocycles. The second kappa shape index (κ2) is 8.59. The molecule has 116 valence electrons. The third-order valence-electron chi connectivity index (χ3n) is 3.21. The van der Waals surface area contributed by atoms with Crippen molar-refractivity contribution in [1.82, 2.24) is 0 Å². The highest BCUT2D eigenvalue weighted by Gasteiger charge is 2.10. The van der Waals surface area contributed by atoms with Gasteiger partial charge in [0.05, 0.1) is 6.42 Å². The molecule has 0 aliphatic carbocycles. The highest BCUT2D eigenvalue weighted by molar-refractivity contribution is 9.08. The van der Waals surface area contributed by atoms with Crippen LogP contribution in [0.3, 0.4) is 0 Å². The second-order valence-electron chi connectivity index (χ2n) is 5.03. The van der Waals surface area contributed by atoms with E-state index in [0.29, 0.717) is 5.75 Å². The summed E-state index contributed by atoms with van der Waals surface area (Å²) in [7, 11) is 0. The fourth-order valence-electron chi connectivity index (χ4n) is 2.15. The van der Waals surface area contributed by atoms with Crippen molar-refractivity contribution >= 4 is 21.9 Å². The maximum Gasteiger partial charge on any atom is 0.359 e. The summed E-state index contributed by atoms with van der Waals surface area (Å²) in [5.41, 5.74) is 3.12. The lowest BCUT2D eigenvalue weighted by Crippen LogP contribution is -2.11. The maximum absolute atomic E-state index is 11.8. The van der Waals surface area contributed by atoms with Gasteiger partial charge < -0.3 is 0 Å². The third-order valence-corrected chi connectivity index (χ3v) is 3.86. The van der Waals surface area contributed by atoms with E-state index in [-0.39, 0.29) is 6.42 Å². The van der Waals surface area contributed by atoms with Crippen molar-refractivity contribution in [1.29, 1.82) is 0 Å². The van der Waals surface area contributed by atoms with Crippen LogP contribution in [-0.4, -0.2) is 5.97 Å². The average molecular weight is 363 g/mol. The summed E-state index contributed by atoms with van der Waals surface area (Å²) in [4.78, 5) is 22.0. The predicted molar refractivity (Wildman–Crippen MR) is 89.9 cm³/mol. The quantitative estimate of drug-likeness (QED) is 0.409. The molecule has 0 spiro atoms. The first-order chi connectivity index (χ1) is 10.7. The number of hydrogen-bond acceptors (Lipinski definition) is 3. The Morgan fingerprint density at radius 2 is 1.86 bits per heavy atom. The molecular formula is C18H19BrO3. The number of benzene rings is 2. The molecule has 3 nitrogen and oxygen atoms in total. The first-order valence-electron chi connectivity index (χ1n) is 7.32. The SMILES string of the molecule is CCCc1cc(CBr)ccc1OOC(=O)Cc1ccccc1. The number of alkyl halides is 1. The Hall–Kier alpha value is -1.81. The van der Waals surface area contributed by atoms with Crippen molar-refractivity contribution < 1.29 is 14.6 Å². The Morgan fingerprint density at radius 1 is 1.09 bits per heavy atom. The van der Waals surface area contributed by atoms with Gasteiger partial charge in [-0.25, -0.2) is 4.79 Å². The van der Waals surface area contributed by atoms with Crippen molar-refractivity contribution in [2.24, 2.45) is 0 Å². The smallest absolute Gasteiger partial charge is 0.287 e. The van der Waals surface area contributed by atoms with Crippen molar-refractivity contribution in [3.63, 3.8) is 0 Å². The monoisotopic (exact) mass is 362 g/mol. The van der Waals surface area contributed by atoms with Crippen molar-refractivity contribution in [3.05, 3.63) is 65.2 Å². The predicted octanol–water partition coefficient (Wildman–Crippen LogP) is 4.61. The van der Waals surface area contributed by atoms with E-state index in [0.717, 1.165) is 29.3 Å². The van der Waals surface area contributed by atoms with Gasteiger partial charge in [-0.15, -0.1) is 0 Å². The largest absolute Gasteiger partial charge is 0.359 e. The van der Waals surface area contributed by atoms with Gasteiger partial charge in [-0.2, -0.15) is 0 Å². The molecule has 0 atom stereocenters. The normalized spacial score (nSPS) is 10.3. The molecule has 2 aromatic rings. The van der Waals surface area contributed by atoms with Gasteiger partial charge >= 0.3 is 5.97 Å². The van der Waals surface area contributed by atoms with Gasteiger partial charge in [-0.3, -0.25) is 9.78 Å². The number of hydrogen-bond donors (Lipinski definition) is 0. The molecule has 0 heterocycles. The van der Waals surface area contributed by atoms with Gasteiger partial charge in [0, 0.05) is 5.33 Å². The molecule has 0 amide bonds. The Balaban J connectivity index is 1.97. The van der Waals surface area contributed by atoms with Crippen LogP contribution in [-0.2, 0) is 27.9 Å².